The Morgan fingerprint density at radius 3 is 2.50 bits per heavy atom. The van der Waals surface area contributed by atoms with E-state index in [-0.39, 0.29) is 5.28 Å². The van der Waals surface area contributed by atoms with E-state index in [1.54, 1.807) is 6.07 Å². The molecule has 0 saturated carbocycles. The summed E-state index contributed by atoms with van der Waals surface area (Å²) in [6.45, 7) is 1.52. The zero-order valence-electron chi connectivity index (χ0n) is 8.57. The van der Waals surface area contributed by atoms with Crippen molar-refractivity contribution in [1.29, 1.82) is 0 Å². The van der Waals surface area contributed by atoms with Crippen molar-refractivity contribution >= 4 is 29.0 Å². The van der Waals surface area contributed by atoms with Gasteiger partial charge in [-0.3, -0.25) is 0 Å². The largest absolute Gasteiger partial charge is 0.377 e. The van der Waals surface area contributed by atoms with Crippen molar-refractivity contribution in [3.8, 4) is 0 Å². The van der Waals surface area contributed by atoms with Gasteiger partial charge >= 0.3 is 0 Å². The second-order valence-electron chi connectivity index (χ2n) is 4.15. The Balaban J connectivity index is 1.97. The van der Waals surface area contributed by atoms with Crippen molar-refractivity contribution in [2.24, 2.45) is 0 Å². The molecule has 0 amide bonds. The fourth-order valence-corrected chi connectivity index (χ4v) is 2.91. The predicted octanol–water partition coefficient (Wildman–Crippen LogP) is 2.15. The molecule has 2 aliphatic rings. The van der Waals surface area contributed by atoms with Gasteiger partial charge in [0.2, 0.25) is 5.28 Å². The summed E-state index contributed by atoms with van der Waals surface area (Å²) in [6.07, 6.45) is 2.29. The lowest BCUT2D eigenvalue weighted by Crippen LogP contribution is -2.46. The van der Waals surface area contributed by atoms with E-state index in [1.165, 1.54) is 0 Å². The number of morpholine rings is 1. The highest BCUT2D eigenvalue weighted by atomic mass is 35.5. The summed E-state index contributed by atoms with van der Waals surface area (Å²) in [5, 5.41) is 0.592. The second-order valence-corrected chi connectivity index (χ2v) is 4.87. The smallest absolute Gasteiger partial charge is 0.225 e. The van der Waals surface area contributed by atoms with Crippen molar-refractivity contribution in [3.63, 3.8) is 0 Å². The van der Waals surface area contributed by atoms with Crippen LogP contribution in [-0.4, -0.2) is 35.3 Å². The first kappa shape index (κ1) is 10.6. The summed E-state index contributed by atoms with van der Waals surface area (Å²) in [6, 6.07) is 2.57. The zero-order valence-corrected chi connectivity index (χ0v) is 10.1. The van der Waals surface area contributed by atoms with Crippen molar-refractivity contribution in [2.45, 2.75) is 24.9 Å². The van der Waals surface area contributed by atoms with Gasteiger partial charge in [-0.25, -0.2) is 9.97 Å². The van der Waals surface area contributed by atoms with Crippen molar-refractivity contribution < 1.29 is 4.74 Å². The molecule has 0 N–H and O–H groups in total. The molecule has 16 heavy (non-hydrogen) atoms. The van der Waals surface area contributed by atoms with Crippen molar-refractivity contribution in [1.82, 2.24) is 9.97 Å². The third-order valence-corrected chi connectivity index (χ3v) is 3.52. The number of rotatable bonds is 1. The maximum Gasteiger partial charge on any atom is 0.225 e. The topological polar surface area (TPSA) is 38.2 Å². The molecule has 0 radical (unpaired) electrons. The van der Waals surface area contributed by atoms with Crippen LogP contribution < -0.4 is 4.90 Å². The quantitative estimate of drug-likeness (QED) is 0.572. The number of nitrogens with zero attached hydrogens (tertiary/aromatic N) is 3. The van der Waals surface area contributed by atoms with Crippen LogP contribution in [0.2, 0.25) is 10.4 Å². The van der Waals surface area contributed by atoms with E-state index in [0.29, 0.717) is 17.2 Å². The van der Waals surface area contributed by atoms with Crippen molar-refractivity contribution in [2.75, 3.05) is 18.1 Å². The number of halogens is 2. The van der Waals surface area contributed by atoms with Crippen LogP contribution in [0.1, 0.15) is 12.8 Å². The van der Waals surface area contributed by atoms with E-state index >= 15 is 0 Å². The predicted molar refractivity (Wildman–Crippen MR) is 62.2 cm³/mol. The van der Waals surface area contributed by atoms with E-state index in [2.05, 4.69) is 14.9 Å². The summed E-state index contributed by atoms with van der Waals surface area (Å²) in [4.78, 5) is 10.4. The van der Waals surface area contributed by atoms with E-state index in [1.807, 2.05) is 0 Å². The van der Waals surface area contributed by atoms with E-state index in [4.69, 9.17) is 27.9 Å². The Morgan fingerprint density at radius 1 is 1.19 bits per heavy atom. The molecule has 2 bridgehead atoms. The molecule has 0 spiro atoms. The Morgan fingerprint density at radius 2 is 1.88 bits per heavy atom. The highest BCUT2D eigenvalue weighted by Gasteiger charge is 2.38. The zero-order chi connectivity index (χ0) is 11.1. The Labute approximate surface area is 104 Å². The molecule has 0 aliphatic carbocycles. The summed E-state index contributed by atoms with van der Waals surface area (Å²) in [5.41, 5.74) is 0. The Kier molecular flexibility index (Phi) is 2.65. The van der Waals surface area contributed by atoms with Crippen LogP contribution in [0.3, 0.4) is 0 Å². The molecule has 0 aromatic carbocycles. The van der Waals surface area contributed by atoms with E-state index in [9.17, 15) is 0 Å². The average Bonchev–Trinajstić information content (AvgIpc) is 2.47. The lowest BCUT2D eigenvalue weighted by atomic mass is 10.2. The number of hydrogen-bond acceptors (Lipinski definition) is 4. The minimum atomic E-state index is 0.202. The van der Waals surface area contributed by atoms with Crippen LogP contribution in [0.15, 0.2) is 6.07 Å². The minimum absolute atomic E-state index is 0.202. The first-order chi connectivity index (χ1) is 7.74. The number of fused-ring (bicyclic) bond motifs is 2. The van der Waals surface area contributed by atoms with Crippen molar-refractivity contribution in [3.05, 3.63) is 16.5 Å². The average molecular weight is 260 g/mol. The van der Waals surface area contributed by atoms with Crippen LogP contribution in [0.5, 0.6) is 0 Å². The third-order valence-electron chi connectivity index (χ3n) is 3.16. The number of hydrogen-bond donors (Lipinski definition) is 0. The molecular formula is C10H11Cl2N3O. The van der Waals surface area contributed by atoms with Gasteiger partial charge in [-0.1, -0.05) is 11.6 Å². The van der Waals surface area contributed by atoms with Gasteiger partial charge in [0.25, 0.3) is 0 Å². The Bertz CT molecular complexity index is 379. The van der Waals surface area contributed by atoms with Gasteiger partial charge in [-0.15, -0.1) is 0 Å². The van der Waals surface area contributed by atoms with Crippen LogP contribution in [0, 0.1) is 0 Å². The van der Waals surface area contributed by atoms with Gasteiger partial charge in [0.1, 0.15) is 11.0 Å². The second kappa shape index (κ2) is 4.02. The minimum Gasteiger partial charge on any atom is -0.377 e. The normalized spacial score (nSPS) is 28.5. The fraction of sp³-hybridized carbons (Fsp3) is 0.600. The lowest BCUT2D eigenvalue weighted by Gasteiger charge is -2.35. The van der Waals surface area contributed by atoms with Gasteiger partial charge in [-0.2, -0.15) is 0 Å². The van der Waals surface area contributed by atoms with Crippen LogP contribution >= 0.6 is 23.2 Å². The van der Waals surface area contributed by atoms with Crippen LogP contribution in [0.4, 0.5) is 5.82 Å². The summed E-state index contributed by atoms with van der Waals surface area (Å²) in [7, 11) is 0. The molecule has 2 aliphatic heterocycles. The Hall–Kier alpha value is -0.580. The standard InChI is InChI=1S/C10H11Cl2N3O/c11-8-3-9(14-10(12)13-8)15-6-1-2-7(15)5-16-4-6/h3,6-7H,1-2,4-5H2. The van der Waals surface area contributed by atoms with Crippen LogP contribution in [0.25, 0.3) is 0 Å². The van der Waals surface area contributed by atoms with Gasteiger partial charge in [0.05, 0.1) is 25.3 Å². The number of ether oxygens (including phenoxy) is 1. The van der Waals surface area contributed by atoms with Gasteiger partial charge in [0, 0.05) is 6.07 Å². The molecular weight excluding hydrogens is 249 g/mol. The molecule has 1 aromatic rings. The maximum absolute atomic E-state index is 5.89. The van der Waals surface area contributed by atoms with Gasteiger partial charge in [-0.05, 0) is 24.4 Å². The molecule has 3 rings (SSSR count). The SMILES string of the molecule is Clc1cc(N2C3CCC2COC3)nc(Cl)n1. The van der Waals surface area contributed by atoms with Gasteiger partial charge < -0.3 is 9.64 Å². The maximum atomic E-state index is 5.89. The molecule has 2 unspecified atom stereocenters. The first-order valence-electron chi connectivity index (χ1n) is 5.30. The molecule has 6 heteroatoms. The highest BCUT2D eigenvalue weighted by molar-refractivity contribution is 6.32. The molecule has 86 valence electrons. The van der Waals surface area contributed by atoms with Crippen LogP contribution in [-0.2, 0) is 4.74 Å². The molecule has 1 aromatic heterocycles. The highest BCUT2D eigenvalue weighted by Crippen LogP contribution is 2.33. The molecule has 2 atom stereocenters. The third kappa shape index (κ3) is 1.75. The number of anilines is 1. The summed E-state index contributed by atoms with van der Waals surface area (Å²) in [5.74, 6) is 0.820. The van der Waals surface area contributed by atoms with E-state index < -0.39 is 0 Å². The first-order valence-corrected chi connectivity index (χ1v) is 6.06. The van der Waals surface area contributed by atoms with Gasteiger partial charge in [0.15, 0.2) is 0 Å². The summed E-state index contributed by atoms with van der Waals surface area (Å²) < 4.78 is 5.52. The molecule has 3 heterocycles. The van der Waals surface area contributed by atoms with E-state index in [0.717, 1.165) is 31.9 Å². The molecule has 4 nitrogen and oxygen atoms in total. The monoisotopic (exact) mass is 259 g/mol. The molecule has 2 fully saturated rings. The number of aromatic nitrogens is 2. The lowest BCUT2D eigenvalue weighted by molar-refractivity contribution is 0.0902. The summed E-state index contributed by atoms with van der Waals surface area (Å²) >= 11 is 11.7. The fourth-order valence-electron chi connectivity index (χ4n) is 2.51. The molecule has 2 saturated heterocycles.